The van der Waals surface area contributed by atoms with Crippen LogP contribution in [0.3, 0.4) is 0 Å². The van der Waals surface area contributed by atoms with Crippen LogP contribution in [0.1, 0.15) is 28.6 Å². The summed E-state index contributed by atoms with van der Waals surface area (Å²) in [5.74, 6) is -0.140. The highest BCUT2D eigenvalue weighted by atomic mass is 19.1. The van der Waals surface area contributed by atoms with Gasteiger partial charge >= 0.3 is 5.97 Å². The summed E-state index contributed by atoms with van der Waals surface area (Å²) < 4.78 is 24.7. The lowest BCUT2D eigenvalue weighted by Crippen LogP contribution is -2.10. The molecule has 0 bridgehead atoms. The van der Waals surface area contributed by atoms with Crippen LogP contribution in [0.2, 0.25) is 0 Å². The maximum Gasteiger partial charge on any atom is 0.336 e. The predicted octanol–water partition coefficient (Wildman–Crippen LogP) is 5.70. The number of carbonyl (C=O) groups is 1. The number of pyridine rings is 1. The lowest BCUT2D eigenvalue weighted by molar-refractivity contribution is 0.0698. The lowest BCUT2D eigenvalue weighted by atomic mass is 9.99. The SMILES string of the molecule is Cc1oc2ccccc2c1-c1cc(C(=O)O)c2c(OCC(C)F)ccc(C)c2n1. The van der Waals surface area contributed by atoms with Crippen LogP contribution in [0.4, 0.5) is 4.39 Å². The molecule has 0 amide bonds. The number of para-hydroxylation sites is 1. The zero-order valence-corrected chi connectivity index (χ0v) is 16.3. The molecule has 148 valence electrons. The fourth-order valence-corrected chi connectivity index (χ4v) is 3.55. The Labute approximate surface area is 166 Å². The van der Waals surface area contributed by atoms with Crippen molar-refractivity contribution in [1.82, 2.24) is 4.98 Å². The highest BCUT2D eigenvalue weighted by Crippen LogP contribution is 2.38. The minimum Gasteiger partial charge on any atom is -0.490 e. The first-order valence-corrected chi connectivity index (χ1v) is 9.30. The average Bonchev–Trinajstić information content (AvgIpc) is 3.02. The Morgan fingerprint density at radius 3 is 2.72 bits per heavy atom. The second-order valence-corrected chi connectivity index (χ2v) is 7.09. The van der Waals surface area contributed by atoms with Crippen LogP contribution in [0, 0.1) is 13.8 Å². The number of fused-ring (bicyclic) bond motifs is 2. The van der Waals surface area contributed by atoms with Crippen LogP contribution in [0.15, 0.2) is 46.9 Å². The van der Waals surface area contributed by atoms with Crippen LogP contribution in [0.25, 0.3) is 33.1 Å². The number of aromatic nitrogens is 1. The van der Waals surface area contributed by atoms with E-state index in [-0.39, 0.29) is 12.2 Å². The van der Waals surface area contributed by atoms with Crippen molar-refractivity contribution in [2.75, 3.05) is 6.61 Å². The molecule has 4 aromatic rings. The largest absolute Gasteiger partial charge is 0.490 e. The fraction of sp³-hybridized carbons (Fsp3) is 0.217. The first-order valence-electron chi connectivity index (χ1n) is 9.30. The second-order valence-electron chi connectivity index (χ2n) is 7.09. The van der Waals surface area contributed by atoms with Crippen molar-refractivity contribution < 1.29 is 23.4 Å². The van der Waals surface area contributed by atoms with Gasteiger partial charge < -0.3 is 14.3 Å². The van der Waals surface area contributed by atoms with E-state index in [1.165, 1.54) is 13.0 Å². The number of ether oxygens (including phenoxy) is 1. The minimum atomic E-state index is -1.17. The number of nitrogens with zero attached hydrogens (tertiary/aromatic N) is 1. The molecule has 0 spiro atoms. The van der Waals surface area contributed by atoms with Crippen LogP contribution in [-0.2, 0) is 0 Å². The number of hydrogen-bond donors (Lipinski definition) is 1. The van der Waals surface area contributed by atoms with E-state index in [2.05, 4.69) is 0 Å². The van der Waals surface area contributed by atoms with Crippen molar-refractivity contribution in [3.8, 4) is 17.0 Å². The van der Waals surface area contributed by atoms with Gasteiger partial charge in [-0.3, -0.25) is 0 Å². The van der Waals surface area contributed by atoms with Gasteiger partial charge in [-0.15, -0.1) is 0 Å². The van der Waals surface area contributed by atoms with Crippen molar-refractivity contribution in [2.45, 2.75) is 26.9 Å². The van der Waals surface area contributed by atoms with E-state index >= 15 is 0 Å². The highest BCUT2D eigenvalue weighted by Gasteiger charge is 2.21. The van der Waals surface area contributed by atoms with Crippen molar-refractivity contribution in [3.05, 3.63) is 59.4 Å². The molecule has 0 aliphatic carbocycles. The molecule has 1 N–H and O–H groups in total. The molecule has 0 aliphatic rings. The Bertz CT molecular complexity index is 1240. The number of benzene rings is 2. The third kappa shape index (κ3) is 3.31. The number of furan rings is 1. The van der Waals surface area contributed by atoms with Crippen molar-refractivity contribution in [2.24, 2.45) is 0 Å². The molecule has 0 saturated carbocycles. The molecular weight excluding hydrogens is 373 g/mol. The first kappa shape index (κ1) is 18.9. The summed E-state index contributed by atoms with van der Waals surface area (Å²) in [6.45, 7) is 4.91. The highest BCUT2D eigenvalue weighted by molar-refractivity contribution is 6.08. The molecule has 0 aliphatic heterocycles. The molecule has 29 heavy (non-hydrogen) atoms. The number of carboxylic acids is 1. The summed E-state index contributed by atoms with van der Waals surface area (Å²) in [6.07, 6.45) is -1.17. The summed E-state index contributed by atoms with van der Waals surface area (Å²) in [5.41, 5.74) is 3.35. The van der Waals surface area contributed by atoms with Crippen LogP contribution in [0.5, 0.6) is 5.75 Å². The molecule has 1 atom stereocenters. The van der Waals surface area contributed by atoms with Crippen molar-refractivity contribution in [1.29, 1.82) is 0 Å². The van der Waals surface area contributed by atoms with Gasteiger partial charge in [0.05, 0.1) is 22.2 Å². The third-order valence-electron chi connectivity index (χ3n) is 4.85. The molecule has 0 saturated heterocycles. The fourth-order valence-electron chi connectivity index (χ4n) is 3.55. The molecule has 0 fully saturated rings. The van der Waals surface area contributed by atoms with E-state index in [9.17, 15) is 14.3 Å². The van der Waals surface area contributed by atoms with Crippen LogP contribution >= 0.6 is 0 Å². The van der Waals surface area contributed by atoms with Crippen molar-refractivity contribution >= 4 is 27.8 Å². The Morgan fingerprint density at radius 1 is 1.24 bits per heavy atom. The minimum absolute atomic E-state index is 0.0555. The van der Waals surface area contributed by atoms with Gasteiger partial charge in [0.25, 0.3) is 0 Å². The second kappa shape index (κ2) is 7.20. The third-order valence-corrected chi connectivity index (χ3v) is 4.85. The quantitative estimate of drug-likeness (QED) is 0.471. The average molecular weight is 393 g/mol. The Kier molecular flexibility index (Phi) is 4.70. The van der Waals surface area contributed by atoms with E-state index in [0.29, 0.717) is 33.7 Å². The molecule has 2 heterocycles. The van der Waals surface area contributed by atoms with Gasteiger partial charge in [0.1, 0.15) is 29.9 Å². The summed E-state index contributed by atoms with van der Waals surface area (Å²) in [6, 6.07) is 12.5. The zero-order valence-electron chi connectivity index (χ0n) is 16.3. The molecule has 2 aromatic carbocycles. The number of aromatic carboxylic acids is 1. The molecule has 4 rings (SSSR count). The molecule has 1 unspecified atom stereocenters. The summed E-state index contributed by atoms with van der Waals surface area (Å²) in [4.78, 5) is 16.9. The maximum absolute atomic E-state index is 13.3. The summed E-state index contributed by atoms with van der Waals surface area (Å²) in [5, 5.41) is 11.1. The maximum atomic E-state index is 13.3. The van der Waals surface area contributed by atoms with Gasteiger partial charge in [0.2, 0.25) is 0 Å². The number of alkyl halides is 1. The zero-order chi connectivity index (χ0) is 20.7. The van der Waals surface area contributed by atoms with Crippen LogP contribution in [-0.4, -0.2) is 28.8 Å². The lowest BCUT2D eigenvalue weighted by Gasteiger charge is -2.14. The number of aryl methyl sites for hydroxylation is 2. The standard InChI is InChI=1S/C23H20FNO4/c1-12-8-9-19(28-11-13(2)24)21-16(23(26)27)10-17(25-22(12)21)20-14(3)29-18-7-5-4-6-15(18)20/h4-10,13H,11H2,1-3H3,(H,26,27). The number of carboxylic acid groups (broad SMARTS) is 1. The van der Waals surface area contributed by atoms with E-state index in [1.807, 2.05) is 38.1 Å². The van der Waals surface area contributed by atoms with Crippen molar-refractivity contribution in [3.63, 3.8) is 0 Å². The topological polar surface area (TPSA) is 72.6 Å². The molecule has 2 aromatic heterocycles. The molecule has 0 radical (unpaired) electrons. The van der Waals surface area contributed by atoms with Gasteiger partial charge in [0.15, 0.2) is 0 Å². The smallest absolute Gasteiger partial charge is 0.336 e. The van der Waals surface area contributed by atoms with E-state index in [0.717, 1.165) is 16.5 Å². The predicted molar refractivity (Wildman–Crippen MR) is 109 cm³/mol. The van der Waals surface area contributed by atoms with E-state index < -0.39 is 12.1 Å². The number of halogens is 1. The summed E-state index contributed by atoms with van der Waals surface area (Å²) >= 11 is 0. The van der Waals surface area contributed by atoms with E-state index in [4.69, 9.17) is 14.1 Å². The Balaban J connectivity index is 2.02. The van der Waals surface area contributed by atoms with Gasteiger partial charge in [-0.05, 0) is 44.5 Å². The van der Waals surface area contributed by atoms with Gasteiger partial charge in [-0.2, -0.15) is 0 Å². The number of rotatable bonds is 5. The van der Waals surface area contributed by atoms with Gasteiger partial charge in [-0.1, -0.05) is 24.3 Å². The molecular formula is C23H20FNO4. The first-order chi connectivity index (χ1) is 13.9. The monoisotopic (exact) mass is 393 g/mol. The Morgan fingerprint density at radius 2 is 2.00 bits per heavy atom. The van der Waals surface area contributed by atoms with Gasteiger partial charge in [0, 0.05) is 10.9 Å². The number of hydrogen-bond acceptors (Lipinski definition) is 4. The Hall–Kier alpha value is -3.41. The van der Waals surface area contributed by atoms with E-state index in [1.54, 1.807) is 12.1 Å². The van der Waals surface area contributed by atoms with Crippen LogP contribution < -0.4 is 4.74 Å². The molecule has 6 heteroatoms. The van der Waals surface area contributed by atoms with Gasteiger partial charge in [-0.25, -0.2) is 14.2 Å². The normalized spacial score (nSPS) is 12.4. The molecule has 5 nitrogen and oxygen atoms in total. The summed E-state index contributed by atoms with van der Waals surface area (Å²) in [7, 11) is 0.